The van der Waals surface area contributed by atoms with Crippen LogP contribution in [0.15, 0.2) is 10.9 Å². The molecule has 0 aliphatic carbocycles. The number of rotatable bonds is 5. The molecule has 0 aliphatic heterocycles. The number of H-pyrrole nitrogens is 1. The van der Waals surface area contributed by atoms with Crippen molar-refractivity contribution in [2.75, 3.05) is 19.0 Å². The van der Waals surface area contributed by atoms with Gasteiger partial charge in [-0.3, -0.25) is 4.79 Å². The number of ether oxygens (including phenoxy) is 1. The van der Waals surface area contributed by atoms with Gasteiger partial charge in [-0.1, -0.05) is 13.8 Å². The van der Waals surface area contributed by atoms with Crippen LogP contribution in [0.5, 0.6) is 0 Å². The maximum absolute atomic E-state index is 11.5. The lowest BCUT2D eigenvalue weighted by Crippen LogP contribution is -2.36. The van der Waals surface area contributed by atoms with Crippen molar-refractivity contribution in [1.29, 1.82) is 0 Å². The van der Waals surface area contributed by atoms with Crippen LogP contribution in [0.3, 0.4) is 0 Å². The molecule has 2 N–H and O–H groups in total. The molecule has 0 amide bonds. The van der Waals surface area contributed by atoms with Gasteiger partial charge in [0, 0.05) is 19.1 Å². The molecular weight excluding hydrogens is 218 g/mol. The number of aromatic nitrogens is 2. The molecule has 0 unspecified atom stereocenters. The standard InChI is InChI=1S/C12H21N3O2/c1-8(2)11-13-9(6-10(16)14-11)15-12(3,4)7-17-5/h6,8H,7H2,1-5H3,(H2,13,14,15,16). The summed E-state index contributed by atoms with van der Waals surface area (Å²) in [6.07, 6.45) is 0. The molecule has 0 radical (unpaired) electrons. The number of nitrogens with one attached hydrogen (secondary N) is 2. The molecule has 17 heavy (non-hydrogen) atoms. The Bertz CT molecular complexity index is 424. The quantitative estimate of drug-likeness (QED) is 0.821. The molecule has 96 valence electrons. The molecule has 1 heterocycles. The van der Waals surface area contributed by atoms with E-state index in [9.17, 15) is 4.79 Å². The second kappa shape index (κ2) is 5.31. The maximum Gasteiger partial charge on any atom is 0.252 e. The number of hydrogen-bond acceptors (Lipinski definition) is 4. The first-order valence-electron chi connectivity index (χ1n) is 5.72. The van der Waals surface area contributed by atoms with E-state index in [-0.39, 0.29) is 17.0 Å². The van der Waals surface area contributed by atoms with Crippen molar-refractivity contribution >= 4 is 5.82 Å². The number of hydrogen-bond donors (Lipinski definition) is 2. The van der Waals surface area contributed by atoms with Crippen molar-refractivity contribution in [3.05, 3.63) is 22.2 Å². The van der Waals surface area contributed by atoms with E-state index in [4.69, 9.17) is 4.74 Å². The van der Waals surface area contributed by atoms with Crippen molar-refractivity contribution in [3.8, 4) is 0 Å². The van der Waals surface area contributed by atoms with Gasteiger partial charge in [-0.2, -0.15) is 0 Å². The summed E-state index contributed by atoms with van der Waals surface area (Å²) in [6.45, 7) is 8.51. The van der Waals surface area contributed by atoms with Gasteiger partial charge in [-0.15, -0.1) is 0 Å². The Balaban J connectivity index is 2.95. The number of aromatic amines is 1. The predicted molar refractivity (Wildman–Crippen MR) is 68.5 cm³/mol. The van der Waals surface area contributed by atoms with Gasteiger partial charge in [0.15, 0.2) is 0 Å². The molecule has 5 nitrogen and oxygen atoms in total. The summed E-state index contributed by atoms with van der Waals surface area (Å²) in [5, 5.41) is 3.20. The first-order valence-corrected chi connectivity index (χ1v) is 5.72. The first-order chi connectivity index (χ1) is 7.84. The monoisotopic (exact) mass is 239 g/mol. The van der Waals surface area contributed by atoms with Crippen LogP contribution in [-0.2, 0) is 4.74 Å². The Kier molecular flexibility index (Phi) is 4.28. The Hall–Kier alpha value is -1.36. The molecule has 0 saturated heterocycles. The van der Waals surface area contributed by atoms with Crippen LogP contribution in [0.1, 0.15) is 39.4 Å². The van der Waals surface area contributed by atoms with Gasteiger partial charge in [0.05, 0.1) is 12.1 Å². The van der Waals surface area contributed by atoms with Gasteiger partial charge in [-0.25, -0.2) is 4.98 Å². The fourth-order valence-electron chi connectivity index (χ4n) is 1.56. The average molecular weight is 239 g/mol. The third-order valence-electron chi connectivity index (χ3n) is 2.28. The highest BCUT2D eigenvalue weighted by Gasteiger charge is 2.18. The minimum Gasteiger partial charge on any atom is -0.382 e. The molecule has 0 spiro atoms. The Labute approximate surface area is 102 Å². The zero-order chi connectivity index (χ0) is 13.1. The van der Waals surface area contributed by atoms with Gasteiger partial charge in [0.25, 0.3) is 5.56 Å². The molecule has 0 aliphatic rings. The second-order valence-electron chi connectivity index (χ2n) is 5.11. The summed E-state index contributed by atoms with van der Waals surface area (Å²) in [7, 11) is 1.65. The molecule has 1 aromatic heterocycles. The van der Waals surface area contributed by atoms with Crippen molar-refractivity contribution in [2.45, 2.75) is 39.2 Å². The van der Waals surface area contributed by atoms with Crippen molar-refractivity contribution in [3.63, 3.8) is 0 Å². The molecule has 0 fully saturated rings. The smallest absolute Gasteiger partial charge is 0.252 e. The average Bonchev–Trinajstić information content (AvgIpc) is 2.15. The maximum atomic E-state index is 11.5. The van der Waals surface area contributed by atoms with Crippen molar-refractivity contribution in [2.24, 2.45) is 0 Å². The largest absolute Gasteiger partial charge is 0.382 e. The summed E-state index contributed by atoms with van der Waals surface area (Å²) in [5.74, 6) is 1.46. The van der Waals surface area contributed by atoms with Crippen LogP contribution in [-0.4, -0.2) is 29.2 Å². The van der Waals surface area contributed by atoms with E-state index in [1.54, 1.807) is 7.11 Å². The highest BCUT2D eigenvalue weighted by Crippen LogP contribution is 2.14. The Morgan fingerprint density at radius 3 is 2.71 bits per heavy atom. The molecule has 0 bridgehead atoms. The van der Waals surface area contributed by atoms with E-state index in [0.717, 1.165) is 0 Å². The molecule has 0 atom stereocenters. The molecule has 0 saturated carbocycles. The van der Waals surface area contributed by atoms with E-state index in [2.05, 4.69) is 15.3 Å². The van der Waals surface area contributed by atoms with Crippen molar-refractivity contribution < 1.29 is 4.74 Å². The summed E-state index contributed by atoms with van der Waals surface area (Å²) < 4.78 is 5.11. The van der Waals surface area contributed by atoms with Crippen LogP contribution in [0.25, 0.3) is 0 Å². The van der Waals surface area contributed by atoms with Gasteiger partial charge < -0.3 is 15.0 Å². The molecule has 1 aromatic rings. The predicted octanol–water partition coefficient (Wildman–Crippen LogP) is 1.73. The van der Waals surface area contributed by atoms with E-state index in [0.29, 0.717) is 18.2 Å². The molecule has 1 rings (SSSR count). The molecular formula is C12H21N3O2. The van der Waals surface area contributed by atoms with Gasteiger partial charge in [0.2, 0.25) is 0 Å². The van der Waals surface area contributed by atoms with Crippen LogP contribution >= 0.6 is 0 Å². The van der Waals surface area contributed by atoms with Gasteiger partial charge >= 0.3 is 0 Å². The van der Waals surface area contributed by atoms with E-state index >= 15 is 0 Å². The minimum absolute atomic E-state index is 0.139. The normalized spacial score (nSPS) is 11.9. The first kappa shape index (κ1) is 13.7. The van der Waals surface area contributed by atoms with Gasteiger partial charge in [0.1, 0.15) is 11.6 Å². The minimum atomic E-state index is -0.260. The van der Waals surface area contributed by atoms with E-state index in [1.807, 2.05) is 27.7 Å². The zero-order valence-corrected chi connectivity index (χ0v) is 11.1. The Morgan fingerprint density at radius 1 is 1.53 bits per heavy atom. The van der Waals surface area contributed by atoms with Crippen LogP contribution in [0, 0.1) is 0 Å². The van der Waals surface area contributed by atoms with Crippen LogP contribution in [0.2, 0.25) is 0 Å². The summed E-state index contributed by atoms with van der Waals surface area (Å²) >= 11 is 0. The second-order valence-corrected chi connectivity index (χ2v) is 5.11. The summed E-state index contributed by atoms with van der Waals surface area (Å²) in [4.78, 5) is 18.6. The van der Waals surface area contributed by atoms with E-state index in [1.165, 1.54) is 6.07 Å². The third kappa shape index (κ3) is 4.19. The lowest BCUT2D eigenvalue weighted by atomic mass is 10.1. The highest BCUT2D eigenvalue weighted by atomic mass is 16.5. The Morgan fingerprint density at radius 2 is 2.18 bits per heavy atom. The lowest BCUT2D eigenvalue weighted by Gasteiger charge is -2.26. The zero-order valence-electron chi connectivity index (χ0n) is 11.1. The highest BCUT2D eigenvalue weighted by molar-refractivity contribution is 5.36. The van der Waals surface area contributed by atoms with E-state index < -0.39 is 0 Å². The number of nitrogens with zero attached hydrogens (tertiary/aromatic N) is 1. The molecule has 0 aromatic carbocycles. The number of methoxy groups -OCH3 is 1. The fraction of sp³-hybridized carbons (Fsp3) is 0.667. The topological polar surface area (TPSA) is 67.0 Å². The van der Waals surface area contributed by atoms with Crippen LogP contribution in [0.4, 0.5) is 5.82 Å². The SMILES string of the molecule is COCC(C)(C)Nc1cc(=O)[nH]c(C(C)C)n1. The summed E-state index contributed by atoms with van der Waals surface area (Å²) in [5.41, 5.74) is -0.400. The number of anilines is 1. The lowest BCUT2D eigenvalue weighted by molar-refractivity contribution is 0.158. The third-order valence-corrected chi connectivity index (χ3v) is 2.28. The van der Waals surface area contributed by atoms with Gasteiger partial charge in [-0.05, 0) is 13.8 Å². The molecule has 5 heteroatoms. The van der Waals surface area contributed by atoms with Crippen molar-refractivity contribution in [1.82, 2.24) is 9.97 Å². The fourth-order valence-corrected chi connectivity index (χ4v) is 1.56. The summed E-state index contributed by atoms with van der Waals surface area (Å²) in [6, 6.07) is 1.46. The van der Waals surface area contributed by atoms with Crippen LogP contribution < -0.4 is 10.9 Å².